The largest absolute Gasteiger partial charge is 0.383 e. The summed E-state index contributed by atoms with van der Waals surface area (Å²) >= 11 is 0. The van der Waals surface area contributed by atoms with E-state index in [-0.39, 0.29) is 0 Å². The highest BCUT2D eigenvalue weighted by molar-refractivity contribution is 5.24. The van der Waals surface area contributed by atoms with Gasteiger partial charge in [-0.3, -0.25) is 0 Å². The highest BCUT2D eigenvalue weighted by atomic mass is 15.0. The van der Waals surface area contributed by atoms with Crippen LogP contribution in [-0.4, -0.2) is 5.54 Å². The zero-order chi connectivity index (χ0) is 10.6. The maximum atomic E-state index is 3.92. The molecule has 0 radical (unpaired) electrons. The van der Waals surface area contributed by atoms with Gasteiger partial charge in [-0.05, 0) is 62.4 Å². The molecule has 0 aliphatic heterocycles. The maximum absolute atomic E-state index is 3.92. The Hall–Kier alpha value is -0.720. The van der Waals surface area contributed by atoms with Crippen molar-refractivity contribution in [2.24, 2.45) is 17.8 Å². The molecule has 0 amide bonds. The fraction of sp³-hybridized carbons (Fsp3) is 0.733. The van der Waals surface area contributed by atoms with Crippen LogP contribution in [0.15, 0.2) is 23.9 Å². The van der Waals surface area contributed by atoms with Crippen molar-refractivity contribution in [3.05, 3.63) is 23.9 Å². The molecule has 86 valence electrons. The molecule has 5 aliphatic rings. The van der Waals surface area contributed by atoms with Gasteiger partial charge in [0.1, 0.15) is 0 Å². The minimum Gasteiger partial charge on any atom is -0.383 e. The van der Waals surface area contributed by atoms with Crippen molar-refractivity contribution in [1.29, 1.82) is 0 Å². The zero-order valence-electron chi connectivity index (χ0n) is 9.91. The Labute approximate surface area is 98.0 Å². The number of nitrogens with one attached hydrogen (secondary N) is 1. The van der Waals surface area contributed by atoms with E-state index in [2.05, 4.69) is 23.5 Å². The first-order chi connectivity index (χ1) is 7.81. The molecule has 0 aromatic rings. The first kappa shape index (κ1) is 9.32. The predicted octanol–water partition coefficient (Wildman–Crippen LogP) is 3.39. The fourth-order valence-corrected chi connectivity index (χ4v) is 5.14. The SMILES string of the molecule is C1=CCC(NC23CC4CC(CC(C4)C2)C3)=C1. The van der Waals surface area contributed by atoms with Gasteiger partial charge in [0.05, 0.1) is 0 Å². The molecule has 0 aromatic carbocycles. The molecule has 1 heteroatoms. The van der Waals surface area contributed by atoms with E-state index in [9.17, 15) is 0 Å². The molecule has 5 aliphatic carbocycles. The van der Waals surface area contributed by atoms with E-state index in [0.717, 1.165) is 24.2 Å². The van der Waals surface area contributed by atoms with Crippen molar-refractivity contribution in [3.63, 3.8) is 0 Å². The van der Waals surface area contributed by atoms with Crippen LogP contribution in [0.1, 0.15) is 44.9 Å². The molecule has 0 heterocycles. The second-order valence-electron chi connectivity index (χ2n) is 6.65. The zero-order valence-corrected chi connectivity index (χ0v) is 9.91. The Bertz CT molecular complexity index is 328. The van der Waals surface area contributed by atoms with Crippen LogP contribution in [0.5, 0.6) is 0 Å². The first-order valence-corrected chi connectivity index (χ1v) is 6.95. The van der Waals surface area contributed by atoms with Gasteiger partial charge in [0.25, 0.3) is 0 Å². The summed E-state index contributed by atoms with van der Waals surface area (Å²) in [5.41, 5.74) is 1.98. The summed E-state index contributed by atoms with van der Waals surface area (Å²) in [4.78, 5) is 0. The van der Waals surface area contributed by atoms with Crippen LogP contribution in [0.2, 0.25) is 0 Å². The Balaban J connectivity index is 1.57. The van der Waals surface area contributed by atoms with E-state index >= 15 is 0 Å². The van der Waals surface area contributed by atoms with E-state index in [4.69, 9.17) is 0 Å². The van der Waals surface area contributed by atoms with Gasteiger partial charge >= 0.3 is 0 Å². The second kappa shape index (κ2) is 3.15. The van der Waals surface area contributed by atoms with Gasteiger partial charge in [0, 0.05) is 17.7 Å². The second-order valence-corrected chi connectivity index (χ2v) is 6.65. The van der Waals surface area contributed by atoms with Gasteiger partial charge in [-0.2, -0.15) is 0 Å². The molecular weight excluding hydrogens is 194 g/mol. The van der Waals surface area contributed by atoms with Crippen molar-refractivity contribution in [1.82, 2.24) is 5.32 Å². The summed E-state index contributed by atoms with van der Waals surface area (Å²) in [5.74, 6) is 3.15. The highest BCUT2D eigenvalue weighted by Crippen LogP contribution is 2.55. The number of hydrogen-bond acceptors (Lipinski definition) is 1. The lowest BCUT2D eigenvalue weighted by atomic mass is 9.53. The van der Waals surface area contributed by atoms with Crippen molar-refractivity contribution >= 4 is 0 Å². The molecule has 1 nitrogen and oxygen atoms in total. The number of rotatable bonds is 2. The molecule has 0 aromatic heterocycles. The highest BCUT2D eigenvalue weighted by Gasteiger charge is 2.50. The van der Waals surface area contributed by atoms with E-state index in [1.165, 1.54) is 44.2 Å². The molecule has 4 fully saturated rings. The average Bonchev–Trinajstić information content (AvgIpc) is 2.66. The minimum atomic E-state index is 0.507. The number of allylic oxidation sites excluding steroid dienone is 3. The fourth-order valence-electron chi connectivity index (χ4n) is 5.14. The maximum Gasteiger partial charge on any atom is 0.0378 e. The summed E-state index contributed by atoms with van der Waals surface area (Å²) in [7, 11) is 0. The first-order valence-electron chi connectivity index (χ1n) is 6.95. The smallest absolute Gasteiger partial charge is 0.0378 e. The van der Waals surface area contributed by atoms with Crippen LogP contribution in [0.25, 0.3) is 0 Å². The van der Waals surface area contributed by atoms with Gasteiger partial charge < -0.3 is 5.32 Å². The average molecular weight is 215 g/mol. The minimum absolute atomic E-state index is 0.507. The lowest BCUT2D eigenvalue weighted by Crippen LogP contribution is -2.57. The van der Waals surface area contributed by atoms with Crippen LogP contribution < -0.4 is 5.32 Å². The van der Waals surface area contributed by atoms with Crippen molar-refractivity contribution in [2.75, 3.05) is 0 Å². The Kier molecular flexibility index (Phi) is 1.84. The molecule has 5 rings (SSSR count). The topological polar surface area (TPSA) is 12.0 Å². The third-order valence-corrected chi connectivity index (χ3v) is 5.24. The quantitative estimate of drug-likeness (QED) is 0.744. The van der Waals surface area contributed by atoms with Crippen LogP contribution in [-0.2, 0) is 0 Å². The Morgan fingerprint density at radius 1 is 1.00 bits per heavy atom. The Morgan fingerprint density at radius 2 is 1.62 bits per heavy atom. The molecule has 0 unspecified atom stereocenters. The molecule has 4 bridgehead atoms. The van der Waals surface area contributed by atoms with Crippen LogP contribution >= 0.6 is 0 Å². The van der Waals surface area contributed by atoms with Crippen LogP contribution in [0.4, 0.5) is 0 Å². The lowest BCUT2D eigenvalue weighted by molar-refractivity contribution is -0.0149. The van der Waals surface area contributed by atoms with Crippen LogP contribution in [0, 0.1) is 17.8 Å². The van der Waals surface area contributed by atoms with E-state index in [1.807, 2.05) is 0 Å². The summed E-state index contributed by atoms with van der Waals surface area (Å²) in [6.45, 7) is 0. The van der Waals surface area contributed by atoms with Crippen molar-refractivity contribution in [2.45, 2.75) is 50.5 Å². The van der Waals surface area contributed by atoms with Gasteiger partial charge in [-0.15, -0.1) is 0 Å². The normalized spacial score (nSPS) is 48.5. The van der Waals surface area contributed by atoms with Gasteiger partial charge in [-0.1, -0.05) is 12.2 Å². The predicted molar refractivity (Wildman–Crippen MR) is 65.9 cm³/mol. The van der Waals surface area contributed by atoms with Crippen molar-refractivity contribution in [3.8, 4) is 0 Å². The summed E-state index contributed by atoms with van der Waals surface area (Å²) in [6.07, 6.45) is 16.9. The Morgan fingerprint density at radius 3 is 2.12 bits per heavy atom. The molecule has 0 spiro atoms. The molecule has 4 saturated carbocycles. The summed E-state index contributed by atoms with van der Waals surface area (Å²) < 4.78 is 0. The molecule has 0 atom stereocenters. The molecule has 1 N–H and O–H groups in total. The third kappa shape index (κ3) is 1.37. The van der Waals surface area contributed by atoms with Crippen LogP contribution in [0.3, 0.4) is 0 Å². The van der Waals surface area contributed by atoms with Gasteiger partial charge in [0.2, 0.25) is 0 Å². The lowest BCUT2D eigenvalue weighted by Gasteiger charge is -2.57. The summed E-state index contributed by atoms with van der Waals surface area (Å²) in [5, 5.41) is 3.92. The number of hydrogen-bond donors (Lipinski definition) is 1. The monoisotopic (exact) mass is 215 g/mol. The van der Waals surface area contributed by atoms with E-state index in [1.54, 1.807) is 0 Å². The van der Waals surface area contributed by atoms with Gasteiger partial charge in [0.15, 0.2) is 0 Å². The van der Waals surface area contributed by atoms with Crippen molar-refractivity contribution < 1.29 is 0 Å². The molecule has 0 saturated heterocycles. The van der Waals surface area contributed by atoms with E-state index < -0.39 is 0 Å². The molecular formula is C15H21N. The third-order valence-electron chi connectivity index (χ3n) is 5.24. The molecule has 16 heavy (non-hydrogen) atoms. The van der Waals surface area contributed by atoms with Gasteiger partial charge in [-0.25, -0.2) is 0 Å². The standard InChI is InChI=1S/C15H21N/c1-2-4-14(3-1)16-15-8-11-5-12(9-15)7-13(6-11)10-15/h1-3,11-13,16H,4-10H2. The summed E-state index contributed by atoms with van der Waals surface area (Å²) in [6, 6.07) is 0. The van der Waals surface area contributed by atoms with E-state index in [0.29, 0.717) is 5.54 Å².